The Labute approximate surface area is 177 Å². The van der Waals surface area contributed by atoms with E-state index in [4.69, 9.17) is 14.2 Å². The van der Waals surface area contributed by atoms with Gasteiger partial charge in [0.05, 0.1) is 0 Å². The van der Waals surface area contributed by atoms with Crippen LogP contribution in [-0.2, 0) is 6.54 Å². The van der Waals surface area contributed by atoms with Crippen molar-refractivity contribution in [2.45, 2.75) is 27.3 Å². The third-order valence-electron chi connectivity index (χ3n) is 5.82. The molecule has 7 nitrogen and oxygen atoms in total. The Morgan fingerprint density at radius 3 is 2.53 bits per heavy atom. The highest BCUT2D eigenvalue weighted by molar-refractivity contribution is 5.74. The molecule has 2 heterocycles. The monoisotopic (exact) mass is 411 g/mol. The standard InChI is InChI=1S/C23H29N3O4/c1-16-4-5-17(2)22(18(16)3)28-14-24-23(27)26-10-8-25(9-11-26)13-19-6-7-20-21(12-19)30-15-29-20/h4-7,12H,8-11,13-15H2,1-3H3,(H,24,27). The second kappa shape index (κ2) is 8.83. The van der Waals surface area contributed by atoms with Gasteiger partial charge in [0.25, 0.3) is 0 Å². The van der Waals surface area contributed by atoms with Gasteiger partial charge in [-0.05, 0) is 55.2 Å². The Morgan fingerprint density at radius 2 is 1.73 bits per heavy atom. The number of hydrogen-bond donors (Lipinski definition) is 1. The molecule has 0 bridgehead atoms. The first-order valence-corrected chi connectivity index (χ1v) is 10.3. The summed E-state index contributed by atoms with van der Waals surface area (Å²) in [5.41, 5.74) is 4.56. The maximum atomic E-state index is 12.5. The molecule has 0 radical (unpaired) electrons. The summed E-state index contributed by atoms with van der Waals surface area (Å²) in [4.78, 5) is 16.7. The van der Waals surface area contributed by atoms with Crippen molar-refractivity contribution in [1.82, 2.24) is 15.1 Å². The number of carbonyl (C=O) groups is 1. The quantitative estimate of drug-likeness (QED) is 0.766. The van der Waals surface area contributed by atoms with Crippen LogP contribution in [0.5, 0.6) is 17.2 Å². The van der Waals surface area contributed by atoms with E-state index in [1.54, 1.807) is 0 Å². The Morgan fingerprint density at radius 1 is 1.00 bits per heavy atom. The summed E-state index contributed by atoms with van der Waals surface area (Å²) in [6.07, 6.45) is 0. The van der Waals surface area contributed by atoms with Crippen molar-refractivity contribution >= 4 is 6.03 Å². The van der Waals surface area contributed by atoms with Crippen LogP contribution in [0.25, 0.3) is 0 Å². The van der Waals surface area contributed by atoms with Crippen molar-refractivity contribution in [1.29, 1.82) is 0 Å². The molecule has 1 N–H and O–H groups in total. The number of amides is 2. The highest BCUT2D eigenvalue weighted by Gasteiger charge is 2.22. The number of carbonyl (C=O) groups excluding carboxylic acids is 1. The van der Waals surface area contributed by atoms with Crippen molar-refractivity contribution in [3.63, 3.8) is 0 Å². The highest BCUT2D eigenvalue weighted by atomic mass is 16.7. The van der Waals surface area contributed by atoms with Gasteiger partial charge in [0, 0.05) is 32.7 Å². The van der Waals surface area contributed by atoms with Gasteiger partial charge in [-0.3, -0.25) is 4.90 Å². The topological polar surface area (TPSA) is 63.3 Å². The van der Waals surface area contributed by atoms with E-state index in [-0.39, 0.29) is 12.8 Å². The average Bonchev–Trinajstić information content (AvgIpc) is 3.21. The highest BCUT2D eigenvalue weighted by Crippen LogP contribution is 2.32. The van der Waals surface area contributed by atoms with Gasteiger partial charge in [0.15, 0.2) is 18.2 Å². The zero-order valence-electron chi connectivity index (χ0n) is 17.9. The summed E-state index contributed by atoms with van der Waals surface area (Å²) < 4.78 is 16.7. The summed E-state index contributed by atoms with van der Waals surface area (Å²) in [6, 6.07) is 10.1. The number of nitrogens with zero attached hydrogens (tertiary/aromatic N) is 2. The molecule has 2 aromatic rings. The second-order valence-corrected chi connectivity index (χ2v) is 7.87. The second-order valence-electron chi connectivity index (χ2n) is 7.87. The number of hydrogen-bond acceptors (Lipinski definition) is 5. The molecule has 4 rings (SSSR count). The smallest absolute Gasteiger partial charge is 0.320 e. The minimum atomic E-state index is -0.0827. The summed E-state index contributed by atoms with van der Waals surface area (Å²) in [7, 11) is 0. The molecule has 0 unspecified atom stereocenters. The van der Waals surface area contributed by atoms with Crippen LogP contribution in [0, 0.1) is 20.8 Å². The van der Waals surface area contributed by atoms with Crippen molar-refractivity contribution in [3.05, 3.63) is 52.6 Å². The first-order chi connectivity index (χ1) is 14.5. The number of rotatable bonds is 5. The van der Waals surface area contributed by atoms with E-state index in [0.29, 0.717) is 19.9 Å². The van der Waals surface area contributed by atoms with Crippen LogP contribution in [0.15, 0.2) is 30.3 Å². The van der Waals surface area contributed by atoms with Gasteiger partial charge >= 0.3 is 6.03 Å². The fourth-order valence-corrected chi connectivity index (χ4v) is 3.84. The van der Waals surface area contributed by atoms with Crippen LogP contribution in [0.1, 0.15) is 22.3 Å². The first-order valence-electron chi connectivity index (χ1n) is 10.3. The molecule has 0 saturated carbocycles. The lowest BCUT2D eigenvalue weighted by atomic mass is 10.1. The molecule has 30 heavy (non-hydrogen) atoms. The van der Waals surface area contributed by atoms with E-state index in [0.717, 1.165) is 48.0 Å². The number of ether oxygens (including phenoxy) is 3. The average molecular weight is 412 g/mol. The van der Waals surface area contributed by atoms with Gasteiger partial charge < -0.3 is 24.4 Å². The first kappa shape index (κ1) is 20.3. The van der Waals surface area contributed by atoms with Crippen LogP contribution < -0.4 is 19.5 Å². The largest absolute Gasteiger partial charge is 0.473 e. The van der Waals surface area contributed by atoms with Crippen LogP contribution in [0.4, 0.5) is 4.79 Å². The maximum Gasteiger partial charge on any atom is 0.320 e. The third-order valence-corrected chi connectivity index (χ3v) is 5.82. The molecule has 0 aliphatic carbocycles. The van der Waals surface area contributed by atoms with Crippen LogP contribution in [0.2, 0.25) is 0 Å². The van der Waals surface area contributed by atoms with Crippen molar-refractivity contribution in [2.24, 2.45) is 0 Å². The van der Waals surface area contributed by atoms with Gasteiger partial charge in [-0.1, -0.05) is 18.2 Å². The lowest BCUT2D eigenvalue weighted by molar-refractivity contribution is 0.130. The fraction of sp³-hybridized carbons (Fsp3) is 0.435. The number of piperazine rings is 1. The molecule has 7 heteroatoms. The van der Waals surface area contributed by atoms with Crippen molar-refractivity contribution in [2.75, 3.05) is 39.7 Å². The van der Waals surface area contributed by atoms with E-state index in [9.17, 15) is 4.79 Å². The lowest BCUT2D eigenvalue weighted by Gasteiger charge is -2.34. The summed E-state index contributed by atoms with van der Waals surface area (Å²) >= 11 is 0. The molecule has 2 aromatic carbocycles. The minimum absolute atomic E-state index is 0.0827. The predicted octanol–water partition coefficient (Wildman–Crippen LogP) is 3.20. The Hall–Kier alpha value is -2.93. The number of benzene rings is 2. The van der Waals surface area contributed by atoms with Crippen molar-refractivity contribution in [3.8, 4) is 17.2 Å². The number of nitrogens with one attached hydrogen (secondary N) is 1. The van der Waals surface area contributed by atoms with Crippen LogP contribution >= 0.6 is 0 Å². The van der Waals surface area contributed by atoms with E-state index < -0.39 is 0 Å². The fourth-order valence-electron chi connectivity index (χ4n) is 3.84. The summed E-state index contributed by atoms with van der Waals surface area (Å²) in [5, 5.41) is 2.88. The molecule has 0 atom stereocenters. The van der Waals surface area contributed by atoms with E-state index in [2.05, 4.69) is 29.3 Å². The molecule has 0 aromatic heterocycles. The van der Waals surface area contributed by atoms with Crippen LogP contribution in [0.3, 0.4) is 0 Å². The third kappa shape index (κ3) is 4.46. The number of fused-ring (bicyclic) bond motifs is 1. The zero-order valence-corrected chi connectivity index (χ0v) is 17.9. The van der Waals surface area contributed by atoms with Crippen LogP contribution in [-0.4, -0.2) is 55.5 Å². The lowest BCUT2D eigenvalue weighted by Crippen LogP contribution is -2.51. The summed E-state index contributed by atoms with van der Waals surface area (Å²) in [6.45, 7) is 10.5. The molecular formula is C23H29N3O4. The number of aryl methyl sites for hydroxylation is 2. The minimum Gasteiger partial charge on any atom is -0.473 e. The molecule has 2 aliphatic rings. The molecule has 0 spiro atoms. The normalized spacial score (nSPS) is 15.9. The number of urea groups is 1. The van der Waals surface area contributed by atoms with Crippen molar-refractivity contribution < 1.29 is 19.0 Å². The molecule has 160 valence electrons. The molecule has 2 aliphatic heterocycles. The molecule has 1 fully saturated rings. The van der Waals surface area contributed by atoms with Gasteiger partial charge in [0.2, 0.25) is 6.79 Å². The van der Waals surface area contributed by atoms with E-state index in [1.807, 2.05) is 36.9 Å². The molecule has 2 amide bonds. The Balaban J connectivity index is 1.22. The zero-order chi connectivity index (χ0) is 21.1. The van der Waals surface area contributed by atoms with Gasteiger partial charge in [0.1, 0.15) is 5.75 Å². The van der Waals surface area contributed by atoms with Gasteiger partial charge in [-0.25, -0.2) is 4.79 Å². The summed E-state index contributed by atoms with van der Waals surface area (Å²) in [5.74, 6) is 2.46. The Bertz CT molecular complexity index is 923. The SMILES string of the molecule is Cc1ccc(C)c(OCNC(=O)N2CCN(Cc3ccc4c(c3)OCO4)CC2)c1C. The predicted molar refractivity (Wildman–Crippen MR) is 114 cm³/mol. The Kier molecular flexibility index (Phi) is 5.99. The van der Waals surface area contributed by atoms with Gasteiger partial charge in [-0.15, -0.1) is 0 Å². The van der Waals surface area contributed by atoms with E-state index >= 15 is 0 Å². The van der Waals surface area contributed by atoms with E-state index in [1.165, 1.54) is 11.1 Å². The molecular weight excluding hydrogens is 382 g/mol. The molecule has 1 saturated heterocycles. The maximum absolute atomic E-state index is 12.5. The van der Waals surface area contributed by atoms with Gasteiger partial charge in [-0.2, -0.15) is 0 Å².